The van der Waals surface area contributed by atoms with Crippen molar-refractivity contribution in [3.05, 3.63) is 108 Å². The van der Waals surface area contributed by atoms with Crippen molar-refractivity contribution in [1.29, 1.82) is 0 Å². The molecule has 0 spiro atoms. The molecule has 0 aromatic heterocycles. The Labute approximate surface area is 211 Å². The van der Waals surface area contributed by atoms with E-state index in [1.807, 2.05) is 110 Å². The maximum Gasteiger partial charge on any atom is 0.238 e. The number of aryl methyl sites for hydroxylation is 2. The molecule has 0 saturated carbocycles. The summed E-state index contributed by atoms with van der Waals surface area (Å²) >= 11 is 0. The highest BCUT2D eigenvalue weighted by atomic mass is 16.2. The topological polar surface area (TPSA) is 57.7 Å². The third-order valence-electron chi connectivity index (χ3n) is 7.94. The van der Waals surface area contributed by atoms with Crippen LogP contribution < -0.4 is 9.80 Å². The Morgan fingerprint density at radius 1 is 0.667 bits per heavy atom. The van der Waals surface area contributed by atoms with E-state index in [2.05, 4.69) is 0 Å². The number of carbonyl (C=O) groups excluding carboxylic acids is 3. The minimum Gasteiger partial charge on any atom is -0.304 e. The highest BCUT2D eigenvalue weighted by Gasteiger charge is 2.60. The van der Waals surface area contributed by atoms with Gasteiger partial charge in [-0.2, -0.15) is 0 Å². The Morgan fingerprint density at radius 3 is 1.92 bits per heavy atom. The van der Waals surface area contributed by atoms with Crippen molar-refractivity contribution in [2.75, 3.05) is 9.80 Å². The molecule has 1 aliphatic carbocycles. The van der Waals surface area contributed by atoms with Crippen LogP contribution in [0.25, 0.3) is 0 Å². The second-order valence-electron chi connectivity index (χ2n) is 10.1. The Morgan fingerprint density at radius 2 is 1.28 bits per heavy atom. The maximum atomic E-state index is 13.8. The Bertz CT molecular complexity index is 1360. The molecule has 0 unspecified atom stereocenters. The van der Waals surface area contributed by atoms with Gasteiger partial charge in [0.2, 0.25) is 17.7 Å². The van der Waals surface area contributed by atoms with E-state index in [0.717, 1.165) is 22.4 Å². The summed E-state index contributed by atoms with van der Waals surface area (Å²) in [7, 11) is 0. The van der Waals surface area contributed by atoms with Crippen molar-refractivity contribution in [3.63, 3.8) is 0 Å². The van der Waals surface area contributed by atoms with Crippen LogP contribution in [0.15, 0.2) is 91.0 Å². The van der Waals surface area contributed by atoms with Crippen LogP contribution in [-0.4, -0.2) is 17.7 Å². The summed E-state index contributed by atoms with van der Waals surface area (Å²) in [5.74, 6) is -2.09. The molecule has 2 fully saturated rings. The molecule has 5 nitrogen and oxygen atoms in total. The minimum absolute atomic E-state index is 0.00274. The van der Waals surface area contributed by atoms with Crippen LogP contribution in [0.3, 0.4) is 0 Å². The standard InChI is InChI=1S/C31H28N2O3/c1-19-11-15-22(16-12-19)32-28(21-7-4-3-5-8-21)27(31(32)36)24-9-6-10-25-26(24)30(35)33(29(25)34)23-17-13-20(2)14-18-23/h3-9,11-18,24-28H,10H2,1-2H3/t24-,25+,26-,27-,28-/m1/s1. The fourth-order valence-electron chi connectivity index (χ4n) is 6.11. The van der Waals surface area contributed by atoms with Crippen LogP contribution in [0.4, 0.5) is 11.4 Å². The van der Waals surface area contributed by atoms with E-state index in [1.165, 1.54) is 4.90 Å². The first kappa shape index (κ1) is 22.5. The van der Waals surface area contributed by atoms with Crippen molar-refractivity contribution in [2.45, 2.75) is 26.3 Å². The minimum atomic E-state index is -0.538. The van der Waals surface area contributed by atoms with Gasteiger partial charge in [0.05, 0.1) is 29.5 Å². The molecule has 0 radical (unpaired) electrons. The van der Waals surface area contributed by atoms with Gasteiger partial charge in [-0.15, -0.1) is 0 Å². The van der Waals surface area contributed by atoms with Gasteiger partial charge < -0.3 is 4.90 Å². The molecule has 5 heteroatoms. The van der Waals surface area contributed by atoms with Gasteiger partial charge in [0.1, 0.15) is 0 Å². The summed E-state index contributed by atoms with van der Waals surface area (Å²) in [4.78, 5) is 44.2. The fraction of sp³-hybridized carbons (Fsp3) is 0.258. The van der Waals surface area contributed by atoms with E-state index >= 15 is 0 Å². The normalized spacial score (nSPS) is 27.3. The summed E-state index contributed by atoms with van der Waals surface area (Å²) in [6, 6.07) is 25.2. The fourth-order valence-corrected chi connectivity index (χ4v) is 6.11. The van der Waals surface area contributed by atoms with Crippen LogP contribution in [0.1, 0.15) is 29.2 Å². The van der Waals surface area contributed by atoms with Crippen LogP contribution in [0, 0.1) is 37.5 Å². The van der Waals surface area contributed by atoms with Crippen LogP contribution >= 0.6 is 0 Å². The number of hydrogen-bond donors (Lipinski definition) is 0. The van der Waals surface area contributed by atoms with Crippen molar-refractivity contribution in [1.82, 2.24) is 0 Å². The predicted molar refractivity (Wildman–Crippen MR) is 139 cm³/mol. The number of fused-ring (bicyclic) bond motifs is 1. The molecule has 5 atom stereocenters. The molecule has 3 aromatic carbocycles. The molecular weight excluding hydrogens is 448 g/mol. The number of β-lactam (4-membered cyclic amide) rings is 1. The monoisotopic (exact) mass is 476 g/mol. The van der Waals surface area contributed by atoms with Gasteiger partial charge in [-0.25, -0.2) is 0 Å². The number of hydrogen-bond acceptors (Lipinski definition) is 3. The van der Waals surface area contributed by atoms with Crippen LogP contribution in [0.5, 0.6) is 0 Å². The van der Waals surface area contributed by atoms with Crippen molar-refractivity contribution >= 4 is 29.1 Å². The number of carbonyl (C=O) groups is 3. The van der Waals surface area contributed by atoms with Crippen molar-refractivity contribution in [3.8, 4) is 0 Å². The molecule has 0 bridgehead atoms. The van der Waals surface area contributed by atoms with Gasteiger partial charge in [-0.05, 0) is 50.1 Å². The second kappa shape index (κ2) is 8.59. The van der Waals surface area contributed by atoms with E-state index in [1.54, 1.807) is 0 Å². The van der Waals surface area contributed by atoms with Gasteiger partial charge in [0.25, 0.3) is 0 Å². The first-order valence-corrected chi connectivity index (χ1v) is 12.5. The number of anilines is 2. The first-order chi connectivity index (χ1) is 17.5. The zero-order valence-corrected chi connectivity index (χ0v) is 20.4. The van der Waals surface area contributed by atoms with E-state index < -0.39 is 17.8 Å². The van der Waals surface area contributed by atoms with Crippen LogP contribution in [-0.2, 0) is 14.4 Å². The SMILES string of the molecule is Cc1ccc(N2C(=O)[C@@H]3[C@H]([C@H]4C(=O)N(c5ccc(C)cc5)[C@@H]4c4ccccc4)C=CC[C@@H]3C2=O)cc1. The predicted octanol–water partition coefficient (Wildman–Crippen LogP) is 5.39. The lowest BCUT2D eigenvalue weighted by molar-refractivity contribution is -0.135. The average molecular weight is 477 g/mol. The van der Waals surface area contributed by atoms with Gasteiger partial charge in [-0.1, -0.05) is 77.9 Å². The zero-order valence-electron chi connectivity index (χ0n) is 20.4. The van der Waals surface area contributed by atoms with Crippen molar-refractivity contribution < 1.29 is 14.4 Å². The molecule has 3 amide bonds. The summed E-state index contributed by atoms with van der Waals surface area (Å²) in [6.07, 6.45) is 4.52. The summed E-state index contributed by atoms with van der Waals surface area (Å²) in [6.45, 7) is 4.00. The molecule has 180 valence electrons. The number of imide groups is 1. The largest absolute Gasteiger partial charge is 0.304 e. The molecule has 36 heavy (non-hydrogen) atoms. The zero-order chi connectivity index (χ0) is 25.0. The number of nitrogens with zero attached hydrogens (tertiary/aromatic N) is 2. The second-order valence-corrected chi connectivity index (χ2v) is 10.1. The number of amides is 3. The molecule has 3 aliphatic rings. The smallest absolute Gasteiger partial charge is 0.238 e. The first-order valence-electron chi connectivity index (χ1n) is 12.5. The lowest BCUT2D eigenvalue weighted by Gasteiger charge is -2.51. The number of benzene rings is 3. The molecular formula is C31H28N2O3. The highest BCUT2D eigenvalue weighted by Crippen LogP contribution is 2.53. The molecule has 2 aliphatic heterocycles. The third kappa shape index (κ3) is 3.41. The summed E-state index contributed by atoms with van der Waals surface area (Å²) in [5.41, 5.74) is 4.68. The maximum absolute atomic E-state index is 13.8. The van der Waals surface area contributed by atoms with Gasteiger partial charge >= 0.3 is 0 Å². The van der Waals surface area contributed by atoms with E-state index in [0.29, 0.717) is 12.1 Å². The quantitative estimate of drug-likeness (QED) is 0.288. The van der Waals surface area contributed by atoms with Gasteiger partial charge in [0, 0.05) is 11.6 Å². The Balaban J connectivity index is 1.38. The van der Waals surface area contributed by atoms with Gasteiger partial charge in [-0.3, -0.25) is 19.3 Å². The Hall–Kier alpha value is -3.99. The number of allylic oxidation sites excluding steroid dienone is 2. The van der Waals surface area contributed by atoms with E-state index in [-0.39, 0.29) is 29.7 Å². The average Bonchev–Trinajstić information content (AvgIpc) is 3.15. The molecule has 6 rings (SSSR count). The van der Waals surface area contributed by atoms with Crippen molar-refractivity contribution in [2.24, 2.45) is 23.7 Å². The third-order valence-corrected chi connectivity index (χ3v) is 7.94. The van der Waals surface area contributed by atoms with E-state index in [9.17, 15) is 14.4 Å². The molecule has 2 saturated heterocycles. The molecule has 0 N–H and O–H groups in total. The lowest BCUT2D eigenvalue weighted by atomic mass is 9.64. The molecule has 3 aromatic rings. The van der Waals surface area contributed by atoms with Crippen LogP contribution in [0.2, 0.25) is 0 Å². The molecule has 2 heterocycles. The van der Waals surface area contributed by atoms with Gasteiger partial charge in [0.15, 0.2) is 0 Å². The number of rotatable bonds is 4. The summed E-state index contributed by atoms with van der Waals surface area (Å²) < 4.78 is 0. The van der Waals surface area contributed by atoms with E-state index in [4.69, 9.17) is 0 Å². The highest BCUT2D eigenvalue weighted by molar-refractivity contribution is 6.22. The lowest BCUT2D eigenvalue weighted by Crippen LogP contribution is -2.59. The summed E-state index contributed by atoms with van der Waals surface area (Å²) in [5, 5.41) is 0. The Kier molecular flexibility index (Phi) is 5.36.